The number of hydrogen-bond donors (Lipinski definition) is 2. The lowest BCUT2D eigenvalue weighted by Gasteiger charge is -2.35. The van der Waals surface area contributed by atoms with Gasteiger partial charge in [-0.2, -0.15) is 5.10 Å². The van der Waals surface area contributed by atoms with Gasteiger partial charge in [-0.25, -0.2) is 13.1 Å². The van der Waals surface area contributed by atoms with Crippen molar-refractivity contribution < 1.29 is 8.42 Å². The van der Waals surface area contributed by atoms with Crippen molar-refractivity contribution >= 4 is 21.5 Å². The molecule has 1 aliphatic heterocycles. The highest BCUT2D eigenvalue weighted by molar-refractivity contribution is 7.91. The van der Waals surface area contributed by atoms with Gasteiger partial charge in [0.1, 0.15) is 0 Å². The van der Waals surface area contributed by atoms with Crippen molar-refractivity contribution in [2.24, 2.45) is 0 Å². The highest BCUT2D eigenvalue weighted by atomic mass is 32.2. The summed E-state index contributed by atoms with van der Waals surface area (Å²) >= 11 is 0. The molecule has 1 aliphatic rings. The Labute approximate surface area is 154 Å². The molecule has 0 bridgehead atoms. The van der Waals surface area contributed by atoms with Crippen LogP contribution in [0.15, 0.2) is 51.9 Å². The molecule has 1 unspecified atom stereocenters. The first-order valence-electron chi connectivity index (χ1n) is 8.41. The summed E-state index contributed by atoms with van der Waals surface area (Å²) in [5, 5.41) is 10.8. The van der Waals surface area contributed by atoms with E-state index in [1.807, 2.05) is 27.9 Å². The molecule has 0 saturated heterocycles. The second-order valence-corrected chi connectivity index (χ2v) is 8.94. The first kappa shape index (κ1) is 18.5. The van der Waals surface area contributed by atoms with Gasteiger partial charge in [0.25, 0.3) is 0 Å². The number of anilines is 2. The van der Waals surface area contributed by atoms with Crippen LogP contribution in [0.5, 0.6) is 0 Å². The number of likely N-dealkylation sites (N-methyl/N-ethyl adjacent to an activating group) is 1. The summed E-state index contributed by atoms with van der Waals surface area (Å²) in [6.07, 6.45) is 2.07. The molecule has 2 N–H and O–H groups in total. The molecule has 0 radical (unpaired) electrons. The minimum Gasteiger partial charge on any atom is -0.371 e. The Kier molecular flexibility index (Phi) is 4.58. The Morgan fingerprint density at radius 2 is 1.92 bits per heavy atom. The Balaban J connectivity index is 2.25. The normalized spacial score (nSPS) is 19.7. The van der Waals surface area contributed by atoms with Crippen LogP contribution in [-0.2, 0) is 15.4 Å². The van der Waals surface area contributed by atoms with Crippen molar-refractivity contribution in [1.29, 1.82) is 0 Å². The molecule has 2 aromatic rings. The Hall–Kier alpha value is -2.32. The van der Waals surface area contributed by atoms with Crippen LogP contribution in [0.1, 0.15) is 13.8 Å². The predicted molar refractivity (Wildman–Crippen MR) is 103 cm³/mol. The molecule has 0 spiro atoms. The van der Waals surface area contributed by atoms with Crippen LogP contribution in [0.3, 0.4) is 0 Å². The predicted octanol–water partition coefficient (Wildman–Crippen LogP) is 2.36. The van der Waals surface area contributed by atoms with Crippen LogP contribution in [0.4, 0.5) is 11.6 Å². The fourth-order valence-corrected chi connectivity index (χ4v) is 5.06. The van der Waals surface area contributed by atoms with E-state index in [9.17, 15) is 8.42 Å². The number of fused-ring (bicyclic) bond motifs is 1. The molecule has 3 rings (SSSR count). The zero-order chi connectivity index (χ0) is 19.1. The van der Waals surface area contributed by atoms with Gasteiger partial charge >= 0.3 is 0 Å². The van der Waals surface area contributed by atoms with Crippen LogP contribution in [0.2, 0.25) is 0 Å². The second kappa shape index (κ2) is 6.44. The van der Waals surface area contributed by atoms with Crippen molar-refractivity contribution in [3.8, 4) is 0 Å². The number of hydrogen-bond acceptors (Lipinski definition) is 6. The maximum atomic E-state index is 13.3. The van der Waals surface area contributed by atoms with Crippen LogP contribution in [0.25, 0.3) is 0 Å². The maximum absolute atomic E-state index is 13.3. The quantitative estimate of drug-likeness (QED) is 0.835. The largest absolute Gasteiger partial charge is 0.371 e. The van der Waals surface area contributed by atoms with E-state index in [2.05, 4.69) is 26.7 Å². The van der Waals surface area contributed by atoms with E-state index >= 15 is 0 Å². The fourth-order valence-electron chi connectivity index (χ4n) is 3.52. The van der Waals surface area contributed by atoms with Gasteiger partial charge in [0, 0.05) is 19.3 Å². The van der Waals surface area contributed by atoms with Gasteiger partial charge in [-0.1, -0.05) is 18.2 Å². The number of allylic oxidation sites excluding steroid dienone is 1. The molecule has 26 heavy (non-hydrogen) atoms. The molecule has 2 heterocycles. The monoisotopic (exact) mass is 375 g/mol. The number of aromatic nitrogens is 2. The van der Waals surface area contributed by atoms with Gasteiger partial charge < -0.3 is 15.5 Å². The summed E-state index contributed by atoms with van der Waals surface area (Å²) in [7, 11) is 1.92. The van der Waals surface area contributed by atoms with Crippen LogP contribution in [0, 0.1) is 0 Å². The van der Waals surface area contributed by atoms with E-state index < -0.39 is 15.4 Å². The average Bonchev–Trinajstić information content (AvgIpc) is 2.94. The Bertz CT molecular complexity index is 947. The van der Waals surface area contributed by atoms with Crippen molar-refractivity contribution in [1.82, 2.24) is 14.7 Å². The standard InChI is InChI=1S/C18H25N5O2S/c1-13-11-18(2,12-22(4)5)23-17(20-13)15(16(19-3)21-23)26(24,25)14-9-7-6-8-10-14/h6-11,20H,12H2,1-5H3,(H,19,21). The third-order valence-corrected chi connectivity index (χ3v) is 6.18. The Morgan fingerprint density at radius 1 is 1.27 bits per heavy atom. The molecular weight excluding hydrogens is 350 g/mol. The third-order valence-electron chi connectivity index (χ3n) is 4.36. The first-order valence-corrected chi connectivity index (χ1v) is 9.90. The van der Waals surface area contributed by atoms with Crippen molar-refractivity contribution in [2.75, 3.05) is 38.3 Å². The summed E-state index contributed by atoms with van der Waals surface area (Å²) in [4.78, 5) is 2.48. The summed E-state index contributed by atoms with van der Waals surface area (Å²) in [5.74, 6) is 0.826. The van der Waals surface area contributed by atoms with Gasteiger partial charge in [-0.3, -0.25) is 0 Å². The van der Waals surface area contributed by atoms with E-state index in [0.717, 1.165) is 5.70 Å². The fraction of sp³-hybridized carbons (Fsp3) is 0.389. The van der Waals surface area contributed by atoms with Crippen LogP contribution >= 0.6 is 0 Å². The highest BCUT2D eigenvalue weighted by Gasteiger charge is 2.39. The molecule has 8 heteroatoms. The highest BCUT2D eigenvalue weighted by Crippen LogP contribution is 2.40. The van der Waals surface area contributed by atoms with E-state index in [1.165, 1.54) is 0 Å². The number of rotatable bonds is 5. The summed E-state index contributed by atoms with van der Waals surface area (Å²) in [6, 6.07) is 8.44. The van der Waals surface area contributed by atoms with E-state index in [-0.39, 0.29) is 9.79 Å². The molecule has 0 saturated carbocycles. The third kappa shape index (κ3) is 2.99. The van der Waals surface area contributed by atoms with E-state index in [1.54, 1.807) is 42.1 Å². The van der Waals surface area contributed by atoms with Crippen LogP contribution < -0.4 is 10.6 Å². The smallest absolute Gasteiger partial charge is 0.213 e. The lowest BCUT2D eigenvalue weighted by atomic mass is 9.99. The maximum Gasteiger partial charge on any atom is 0.213 e. The number of benzene rings is 1. The second-order valence-electron chi connectivity index (χ2n) is 7.05. The van der Waals surface area contributed by atoms with Gasteiger partial charge in [0.2, 0.25) is 9.84 Å². The molecule has 1 aromatic carbocycles. The SMILES string of the molecule is CNc1nn2c(c1S(=O)(=O)c1ccccc1)NC(C)=CC2(C)CN(C)C. The molecule has 1 atom stereocenters. The molecule has 0 fully saturated rings. The van der Waals surface area contributed by atoms with Gasteiger partial charge in [0.05, 0.1) is 10.4 Å². The molecule has 140 valence electrons. The lowest BCUT2D eigenvalue weighted by molar-refractivity contribution is 0.252. The molecule has 0 aliphatic carbocycles. The van der Waals surface area contributed by atoms with Crippen LogP contribution in [-0.4, -0.2) is 50.8 Å². The minimum atomic E-state index is -3.73. The van der Waals surface area contributed by atoms with Gasteiger partial charge in [-0.05, 0) is 46.2 Å². The average molecular weight is 375 g/mol. The number of nitrogens with one attached hydrogen (secondary N) is 2. The molecule has 0 amide bonds. The van der Waals surface area contributed by atoms with Crippen molar-refractivity contribution in [3.63, 3.8) is 0 Å². The topological polar surface area (TPSA) is 79.3 Å². The number of sulfone groups is 1. The van der Waals surface area contributed by atoms with E-state index in [4.69, 9.17) is 0 Å². The molecule has 7 nitrogen and oxygen atoms in total. The van der Waals surface area contributed by atoms with E-state index in [0.29, 0.717) is 18.2 Å². The zero-order valence-corrected chi connectivity index (χ0v) is 16.6. The van der Waals surface area contributed by atoms with Crippen molar-refractivity contribution in [2.45, 2.75) is 29.2 Å². The summed E-state index contributed by atoms with van der Waals surface area (Å²) < 4.78 is 28.4. The number of nitrogens with zero attached hydrogens (tertiary/aromatic N) is 3. The lowest BCUT2D eigenvalue weighted by Crippen LogP contribution is -2.42. The van der Waals surface area contributed by atoms with Crippen molar-refractivity contribution in [3.05, 3.63) is 42.1 Å². The first-order chi connectivity index (χ1) is 12.2. The summed E-state index contributed by atoms with van der Waals surface area (Å²) in [6.45, 7) is 4.67. The molecular formula is C18H25N5O2S. The summed E-state index contributed by atoms with van der Waals surface area (Å²) in [5.41, 5.74) is 0.429. The Morgan fingerprint density at radius 3 is 2.50 bits per heavy atom. The van der Waals surface area contributed by atoms with Gasteiger partial charge in [0.15, 0.2) is 16.5 Å². The minimum absolute atomic E-state index is 0.170. The zero-order valence-electron chi connectivity index (χ0n) is 15.7. The van der Waals surface area contributed by atoms with Gasteiger partial charge in [-0.15, -0.1) is 0 Å². The molecule has 1 aromatic heterocycles.